The summed E-state index contributed by atoms with van der Waals surface area (Å²) in [6.45, 7) is 5.99. The van der Waals surface area contributed by atoms with E-state index in [1.807, 2.05) is 19.9 Å². The third kappa shape index (κ3) is 7.99. The van der Waals surface area contributed by atoms with Crippen molar-refractivity contribution in [3.8, 4) is 5.75 Å². The second-order valence-corrected chi connectivity index (χ2v) is 12.0. The van der Waals surface area contributed by atoms with Crippen molar-refractivity contribution in [2.75, 3.05) is 13.2 Å². The number of allylic oxidation sites excluding steroid dienone is 2. The van der Waals surface area contributed by atoms with E-state index in [9.17, 15) is 29.7 Å². The van der Waals surface area contributed by atoms with Gasteiger partial charge in [0.05, 0.1) is 29.6 Å². The first-order chi connectivity index (χ1) is 19.5. The highest BCUT2D eigenvalue weighted by atomic mass is 35.5. The van der Waals surface area contributed by atoms with E-state index in [0.717, 1.165) is 29.6 Å². The number of aliphatic hydroxyl groups is 2. The van der Waals surface area contributed by atoms with Gasteiger partial charge >= 0.3 is 5.97 Å². The second kappa shape index (κ2) is 15.0. The Bertz CT molecular complexity index is 1170. The van der Waals surface area contributed by atoms with E-state index in [0.29, 0.717) is 49.1 Å². The number of likely N-dealkylation sites (tertiary alicyclic amines) is 1. The molecule has 0 spiro atoms. The summed E-state index contributed by atoms with van der Waals surface area (Å²) in [5.41, 5.74) is 3.51. The zero-order valence-corrected chi connectivity index (χ0v) is 25.1. The predicted molar refractivity (Wildman–Crippen MR) is 158 cm³/mol. The Hall–Kier alpha value is -2.68. The summed E-state index contributed by atoms with van der Waals surface area (Å²) < 4.78 is 0. The number of aromatic hydroxyl groups is 1. The number of aliphatic hydroxyl groups excluding tert-OH is 2. The summed E-state index contributed by atoms with van der Waals surface area (Å²) in [5.74, 6) is -3.19. The summed E-state index contributed by atoms with van der Waals surface area (Å²) in [6.07, 6.45) is 5.87. The minimum absolute atomic E-state index is 0.0316. The Balaban J connectivity index is 1.80. The van der Waals surface area contributed by atoms with Crippen molar-refractivity contribution in [3.05, 3.63) is 45.5 Å². The molecule has 0 radical (unpaired) electrons. The van der Waals surface area contributed by atoms with E-state index in [4.69, 9.17) is 16.7 Å². The van der Waals surface area contributed by atoms with Crippen molar-refractivity contribution in [1.82, 2.24) is 4.90 Å². The Morgan fingerprint density at radius 1 is 1.12 bits per heavy atom. The summed E-state index contributed by atoms with van der Waals surface area (Å²) in [6, 6.07) is 4.83. The van der Waals surface area contributed by atoms with Crippen LogP contribution in [0.4, 0.5) is 0 Å². The maximum Gasteiger partial charge on any atom is 0.303 e. The molecule has 1 fully saturated rings. The molecule has 0 aromatic heterocycles. The van der Waals surface area contributed by atoms with Crippen molar-refractivity contribution in [2.24, 2.45) is 23.7 Å². The molecular formula is C32H44ClNO7. The molecule has 1 aliphatic heterocycles. The zero-order valence-electron chi connectivity index (χ0n) is 24.3. The molecule has 0 bridgehead atoms. The Kier molecular flexibility index (Phi) is 12.0. The number of fused-ring (bicyclic) bond motifs is 1. The van der Waals surface area contributed by atoms with Gasteiger partial charge in [-0.15, -0.1) is 0 Å². The van der Waals surface area contributed by atoms with E-state index in [2.05, 4.69) is 6.92 Å². The van der Waals surface area contributed by atoms with Gasteiger partial charge in [-0.3, -0.25) is 19.3 Å². The molecule has 9 heteroatoms. The van der Waals surface area contributed by atoms with Crippen LogP contribution in [0.25, 0.3) is 6.08 Å². The highest BCUT2D eigenvalue weighted by Gasteiger charge is 2.54. The number of halogens is 1. The van der Waals surface area contributed by atoms with Crippen molar-refractivity contribution < 1.29 is 34.8 Å². The molecule has 41 heavy (non-hydrogen) atoms. The molecule has 2 aliphatic rings. The van der Waals surface area contributed by atoms with E-state index in [1.165, 1.54) is 11.0 Å². The smallest absolute Gasteiger partial charge is 0.303 e. The van der Waals surface area contributed by atoms with Gasteiger partial charge in [0, 0.05) is 18.9 Å². The maximum absolute atomic E-state index is 13.5. The van der Waals surface area contributed by atoms with Gasteiger partial charge in [-0.25, -0.2) is 0 Å². The summed E-state index contributed by atoms with van der Waals surface area (Å²) in [7, 11) is 0. The van der Waals surface area contributed by atoms with Gasteiger partial charge < -0.3 is 20.4 Å². The van der Waals surface area contributed by atoms with Gasteiger partial charge in [0.25, 0.3) is 0 Å². The average Bonchev–Trinajstić information content (AvgIpc) is 3.16. The van der Waals surface area contributed by atoms with Crippen molar-refractivity contribution >= 4 is 35.5 Å². The number of carboxylic acid groups (broad SMARTS) is 1. The van der Waals surface area contributed by atoms with Crippen LogP contribution in [0.5, 0.6) is 5.75 Å². The normalized spacial score (nSPS) is 22.1. The number of rotatable bonds is 15. The zero-order chi connectivity index (χ0) is 30.3. The minimum Gasteiger partial charge on any atom is -0.508 e. The molecule has 4 N–H and O–H groups in total. The number of imide groups is 1. The fourth-order valence-electron chi connectivity index (χ4n) is 6.37. The highest BCUT2D eigenvalue weighted by Crippen LogP contribution is 2.48. The van der Waals surface area contributed by atoms with Crippen molar-refractivity contribution in [1.29, 1.82) is 0 Å². The molecular weight excluding hydrogens is 546 g/mol. The number of amides is 2. The summed E-state index contributed by atoms with van der Waals surface area (Å²) >= 11 is 6.32. The molecule has 1 heterocycles. The number of nitrogens with zero attached hydrogens (tertiary/aromatic N) is 1. The van der Waals surface area contributed by atoms with Crippen molar-refractivity contribution in [2.45, 2.75) is 84.7 Å². The maximum atomic E-state index is 13.5. The van der Waals surface area contributed by atoms with Crippen LogP contribution in [0.2, 0.25) is 5.02 Å². The van der Waals surface area contributed by atoms with E-state index in [-0.39, 0.29) is 43.1 Å². The molecule has 0 unspecified atom stereocenters. The van der Waals surface area contributed by atoms with Gasteiger partial charge in [-0.2, -0.15) is 0 Å². The molecule has 1 aliphatic carbocycles. The average molecular weight is 590 g/mol. The SMILES string of the molecule is CCC/C(=C\c1ccc(O)cc1Cl)CC[C@@H](O)C1=C(C(C)C)C[C@H]2C(=O)N(CCCCCC(=O)O)C(=O)[C@H]2[C@H]1CO. The lowest BCUT2D eigenvalue weighted by atomic mass is 9.66. The van der Waals surface area contributed by atoms with Crippen LogP contribution in [0.15, 0.2) is 34.9 Å². The number of carboxylic acids is 1. The van der Waals surface area contributed by atoms with Crippen LogP contribution in [-0.2, 0) is 14.4 Å². The Labute approximate surface area is 247 Å². The molecule has 1 saturated heterocycles. The predicted octanol–water partition coefficient (Wildman–Crippen LogP) is 5.58. The van der Waals surface area contributed by atoms with Gasteiger partial charge in [0.1, 0.15) is 5.75 Å². The molecule has 1 aromatic carbocycles. The van der Waals surface area contributed by atoms with Crippen molar-refractivity contribution in [3.63, 3.8) is 0 Å². The fraction of sp³-hybridized carbons (Fsp3) is 0.594. The minimum atomic E-state index is -0.881. The molecule has 0 saturated carbocycles. The lowest BCUT2D eigenvalue weighted by Crippen LogP contribution is -2.40. The van der Waals surface area contributed by atoms with E-state index < -0.39 is 29.8 Å². The van der Waals surface area contributed by atoms with Crippen LogP contribution in [0.1, 0.15) is 84.1 Å². The number of carbonyl (C=O) groups is 3. The third-order valence-corrected chi connectivity index (χ3v) is 8.72. The fourth-order valence-corrected chi connectivity index (χ4v) is 6.60. The third-order valence-electron chi connectivity index (χ3n) is 8.39. The van der Waals surface area contributed by atoms with Gasteiger partial charge in [0.15, 0.2) is 0 Å². The lowest BCUT2D eigenvalue weighted by molar-refractivity contribution is -0.141. The topological polar surface area (TPSA) is 135 Å². The summed E-state index contributed by atoms with van der Waals surface area (Å²) in [4.78, 5) is 38.9. The lowest BCUT2D eigenvalue weighted by Gasteiger charge is -2.38. The molecule has 8 nitrogen and oxygen atoms in total. The van der Waals surface area contributed by atoms with Gasteiger partial charge in [-0.05, 0) is 73.8 Å². The number of phenols is 1. The number of phenolic OH excluding ortho intramolecular Hbond substituents is 1. The molecule has 1 aromatic rings. The van der Waals surface area contributed by atoms with Crippen LogP contribution < -0.4 is 0 Å². The largest absolute Gasteiger partial charge is 0.508 e. The number of unbranched alkanes of at least 4 members (excludes halogenated alkanes) is 2. The quantitative estimate of drug-likeness (QED) is 0.119. The number of hydrogen-bond donors (Lipinski definition) is 4. The van der Waals surface area contributed by atoms with E-state index in [1.54, 1.807) is 12.1 Å². The monoisotopic (exact) mass is 589 g/mol. The first kappa shape index (κ1) is 32.8. The standard InChI is InChI=1S/C32H44ClNO7/c1-4-8-20(15-21-11-12-22(36)16-26(21)33)10-13-27(37)29-23(19(2)3)17-24-30(25(29)18-35)32(41)34(31(24)40)14-7-5-6-9-28(38)39/h11-12,15-16,19,24-25,27,30,35-37H,4-10,13-14,17-18H2,1-3H3,(H,38,39)/b20-15+/t24-,25+,27-,30-/m1/s1. The molecule has 3 rings (SSSR count). The van der Waals surface area contributed by atoms with Crippen LogP contribution >= 0.6 is 11.6 Å². The van der Waals surface area contributed by atoms with E-state index >= 15 is 0 Å². The molecule has 4 atom stereocenters. The Morgan fingerprint density at radius 3 is 2.46 bits per heavy atom. The number of carbonyl (C=O) groups excluding carboxylic acids is 2. The number of aliphatic carboxylic acids is 1. The molecule has 226 valence electrons. The number of benzene rings is 1. The van der Waals surface area contributed by atoms with Crippen LogP contribution in [0.3, 0.4) is 0 Å². The highest BCUT2D eigenvalue weighted by molar-refractivity contribution is 6.32. The second-order valence-electron chi connectivity index (χ2n) is 11.6. The number of hydrogen-bond acceptors (Lipinski definition) is 6. The van der Waals surface area contributed by atoms with Crippen LogP contribution in [-0.4, -0.2) is 62.4 Å². The summed E-state index contributed by atoms with van der Waals surface area (Å²) in [5, 5.41) is 41.0. The van der Waals surface area contributed by atoms with Crippen LogP contribution in [0, 0.1) is 23.7 Å². The van der Waals surface area contributed by atoms with Gasteiger partial charge in [0.2, 0.25) is 11.8 Å². The van der Waals surface area contributed by atoms with Gasteiger partial charge in [-0.1, -0.05) is 62.4 Å². The first-order valence-electron chi connectivity index (χ1n) is 14.8. The first-order valence-corrected chi connectivity index (χ1v) is 15.1. The molecule has 2 amide bonds. The Morgan fingerprint density at radius 2 is 1.85 bits per heavy atom.